The molecular weight excluding hydrogens is 366 g/mol. The molecule has 0 unspecified atom stereocenters. The molecule has 0 fully saturated rings. The summed E-state index contributed by atoms with van der Waals surface area (Å²) in [6.45, 7) is 4.17. The monoisotopic (exact) mass is 385 g/mol. The Kier molecular flexibility index (Phi) is 4.76. The second kappa shape index (κ2) is 7.05. The fraction of sp³-hybridized carbons (Fsp3) is 0.350. The zero-order valence-corrected chi connectivity index (χ0v) is 16.4. The van der Waals surface area contributed by atoms with Crippen LogP contribution in [0.25, 0.3) is 16.7 Å². The Balaban J connectivity index is 2.01. The van der Waals surface area contributed by atoms with E-state index in [0.29, 0.717) is 26.5 Å². The van der Waals surface area contributed by atoms with Crippen LogP contribution in [0.5, 0.6) is 0 Å². The van der Waals surface area contributed by atoms with Crippen molar-refractivity contribution in [2.75, 3.05) is 0 Å². The third-order valence-corrected chi connectivity index (χ3v) is 5.71. The minimum absolute atomic E-state index is 0.0821. The predicted molar refractivity (Wildman–Crippen MR) is 108 cm³/mol. The molecule has 0 saturated heterocycles. The fourth-order valence-corrected chi connectivity index (χ4v) is 4.39. The van der Waals surface area contributed by atoms with Crippen molar-refractivity contribution in [2.45, 2.75) is 49.9 Å². The summed E-state index contributed by atoms with van der Waals surface area (Å²) in [6, 6.07) is 9.34. The van der Waals surface area contributed by atoms with Crippen LogP contribution in [-0.4, -0.2) is 19.8 Å². The van der Waals surface area contributed by atoms with Crippen molar-refractivity contribution >= 4 is 34.4 Å². The molecule has 2 aromatic heterocycles. The van der Waals surface area contributed by atoms with Crippen molar-refractivity contribution in [2.24, 2.45) is 0 Å². The van der Waals surface area contributed by atoms with Crippen molar-refractivity contribution in [3.05, 3.63) is 57.0 Å². The standard InChI is InChI=1S/C20H20ClN3OS/c1-12(2)26-20-23-18-16(10-13-6-3-4-9-17(13)22-18)19(25)24(20)15-8-5-7-14(21)11-15/h5,7-8,10-12H,3-4,6,9H2,1-2H3. The number of rotatable bonds is 3. The molecule has 0 bridgehead atoms. The molecule has 4 rings (SSSR count). The molecule has 2 heterocycles. The third-order valence-electron chi connectivity index (χ3n) is 4.51. The lowest BCUT2D eigenvalue weighted by Gasteiger charge is -2.18. The van der Waals surface area contributed by atoms with Crippen LogP contribution < -0.4 is 5.56 Å². The molecule has 0 amide bonds. The van der Waals surface area contributed by atoms with Crippen LogP contribution in [0, 0.1) is 0 Å². The zero-order chi connectivity index (χ0) is 18.3. The largest absolute Gasteiger partial charge is 0.268 e. The van der Waals surface area contributed by atoms with Gasteiger partial charge in [0.15, 0.2) is 10.8 Å². The van der Waals surface area contributed by atoms with Crippen LogP contribution in [-0.2, 0) is 12.8 Å². The normalized spacial score (nSPS) is 14.0. The smallest absolute Gasteiger partial charge is 0.268 e. The molecule has 3 aromatic rings. The number of fused-ring (bicyclic) bond motifs is 2. The van der Waals surface area contributed by atoms with Gasteiger partial charge in [-0.3, -0.25) is 9.36 Å². The number of hydrogen-bond donors (Lipinski definition) is 0. The molecule has 26 heavy (non-hydrogen) atoms. The molecule has 6 heteroatoms. The Hall–Kier alpha value is -1.85. The van der Waals surface area contributed by atoms with Gasteiger partial charge in [-0.2, -0.15) is 0 Å². The number of hydrogen-bond acceptors (Lipinski definition) is 4. The molecule has 0 atom stereocenters. The first-order chi connectivity index (χ1) is 12.5. The van der Waals surface area contributed by atoms with Gasteiger partial charge >= 0.3 is 0 Å². The Morgan fingerprint density at radius 3 is 2.73 bits per heavy atom. The third kappa shape index (κ3) is 3.26. The van der Waals surface area contributed by atoms with E-state index in [1.165, 1.54) is 5.56 Å². The van der Waals surface area contributed by atoms with Gasteiger partial charge in [0.05, 0.1) is 11.1 Å². The Bertz CT molecular complexity index is 1050. The van der Waals surface area contributed by atoms with Gasteiger partial charge < -0.3 is 0 Å². The quantitative estimate of drug-likeness (QED) is 0.479. The Labute approximate surface area is 161 Å². The van der Waals surface area contributed by atoms with Gasteiger partial charge in [0.25, 0.3) is 5.56 Å². The van der Waals surface area contributed by atoms with E-state index < -0.39 is 0 Å². The average Bonchev–Trinajstić information content (AvgIpc) is 2.60. The van der Waals surface area contributed by atoms with Gasteiger partial charge in [-0.15, -0.1) is 0 Å². The number of aromatic nitrogens is 3. The lowest BCUT2D eigenvalue weighted by Crippen LogP contribution is -2.23. The van der Waals surface area contributed by atoms with E-state index in [1.807, 2.05) is 18.2 Å². The number of benzene rings is 1. The van der Waals surface area contributed by atoms with Crippen molar-refractivity contribution in [1.82, 2.24) is 14.5 Å². The SMILES string of the molecule is CC(C)Sc1nc2nc3c(cc2c(=O)n1-c1cccc(Cl)c1)CCCC3. The summed E-state index contributed by atoms with van der Waals surface area (Å²) in [5, 5.41) is 2.13. The summed E-state index contributed by atoms with van der Waals surface area (Å²) in [4.78, 5) is 22.8. The van der Waals surface area contributed by atoms with E-state index in [1.54, 1.807) is 28.5 Å². The van der Waals surface area contributed by atoms with Crippen LogP contribution >= 0.6 is 23.4 Å². The van der Waals surface area contributed by atoms with Gasteiger partial charge in [0, 0.05) is 16.0 Å². The number of halogens is 1. The minimum atomic E-state index is -0.0821. The van der Waals surface area contributed by atoms with Gasteiger partial charge in [-0.25, -0.2) is 9.97 Å². The van der Waals surface area contributed by atoms with Crippen molar-refractivity contribution in [3.8, 4) is 5.69 Å². The highest BCUT2D eigenvalue weighted by molar-refractivity contribution is 7.99. The van der Waals surface area contributed by atoms with E-state index in [4.69, 9.17) is 21.6 Å². The molecular formula is C20H20ClN3OS. The second-order valence-electron chi connectivity index (χ2n) is 6.85. The Morgan fingerprint density at radius 1 is 1.15 bits per heavy atom. The van der Waals surface area contributed by atoms with E-state index in [0.717, 1.165) is 37.1 Å². The average molecular weight is 386 g/mol. The Morgan fingerprint density at radius 2 is 1.96 bits per heavy atom. The maximum atomic E-state index is 13.4. The van der Waals surface area contributed by atoms with Crippen LogP contribution in [0.1, 0.15) is 37.9 Å². The second-order valence-corrected chi connectivity index (χ2v) is 8.83. The molecule has 0 radical (unpaired) electrons. The fourth-order valence-electron chi connectivity index (χ4n) is 3.35. The number of aryl methyl sites for hydroxylation is 2. The molecule has 0 saturated carbocycles. The van der Waals surface area contributed by atoms with Crippen molar-refractivity contribution < 1.29 is 0 Å². The lowest BCUT2D eigenvalue weighted by molar-refractivity contribution is 0.669. The molecule has 1 aliphatic rings. The lowest BCUT2D eigenvalue weighted by atomic mass is 9.95. The zero-order valence-electron chi connectivity index (χ0n) is 14.8. The first kappa shape index (κ1) is 17.6. The molecule has 1 aliphatic carbocycles. The van der Waals surface area contributed by atoms with E-state index in [2.05, 4.69) is 13.8 Å². The van der Waals surface area contributed by atoms with E-state index in [9.17, 15) is 4.79 Å². The van der Waals surface area contributed by atoms with E-state index >= 15 is 0 Å². The van der Waals surface area contributed by atoms with Gasteiger partial charge in [-0.05, 0) is 55.5 Å². The first-order valence-electron chi connectivity index (χ1n) is 8.91. The number of pyridine rings is 1. The molecule has 0 N–H and O–H groups in total. The summed E-state index contributed by atoms with van der Waals surface area (Å²) in [7, 11) is 0. The van der Waals surface area contributed by atoms with Crippen LogP contribution in [0.4, 0.5) is 0 Å². The maximum Gasteiger partial charge on any atom is 0.268 e. The molecule has 0 aliphatic heterocycles. The van der Waals surface area contributed by atoms with Crippen LogP contribution in [0.15, 0.2) is 40.3 Å². The van der Waals surface area contributed by atoms with Crippen molar-refractivity contribution in [3.63, 3.8) is 0 Å². The molecule has 4 nitrogen and oxygen atoms in total. The van der Waals surface area contributed by atoms with Crippen LogP contribution in [0.2, 0.25) is 5.02 Å². The number of thioether (sulfide) groups is 1. The summed E-state index contributed by atoms with van der Waals surface area (Å²) in [6.07, 6.45) is 4.25. The van der Waals surface area contributed by atoms with Gasteiger partial charge in [0.2, 0.25) is 0 Å². The van der Waals surface area contributed by atoms with E-state index in [-0.39, 0.29) is 5.56 Å². The highest BCUT2D eigenvalue weighted by atomic mass is 35.5. The number of nitrogens with zero attached hydrogens (tertiary/aromatic N) is 3. The van der Waals surface area contributed by atoms with Gasteiger partial charge in [-0.1, -0.05) is 43.3 Å². The summed E-state index contributed by atoms with van der Waals surface area (Å²) in [5.41, 5.74) is 3.48. The van der Waals surface area contributed by atoms with Gasteiger partial charge in [0.1, 0.15) is 0 Å². The summed E-state index contributed by atoms with van der Waals surface area (Å²) >= 11 is 7.72. The summed E-state index contributed by atoms with van der Waals surface area (Å²) < 4.78 is 1.66. The highest BCUT2D eigenvalue weighted by Crippen LogP contribution is 2.27. The molecule has 0 spiro atoms. The first-order valence-corrected chi connectivity index (χ1v) is 10.2. The van der Waals surface area contributed by atoms with Crippen LogP contribution in [0.3, 0.4) is 0 Å². The topological polar surface area (TPSA) is 47.8 Å². The predicted octanol–water partition coefficient (Wildman–Crippen LogP) is 4.81. The minimum Gasteiger partial charge on any atom is -0.268 e. The molecule has 1 aromatic carbocycles. The highest BCUT2D eigenvalue weighted by Gasteiger charge is 2.19. The van der Waals surface area contributed by atoms with Crippen molar-refractivity contribution in [1.29, 1.82) is 0 Å². The summed E-state index contributed by atoms with van der Waals surface area (Å²) in [5.74, 6) is 0. The molecule has 134 valence electrons. The maximum absolute atomic E-state index is 13.4.